The number of aryl methyl sites for hydroxylation is 1. The quantitative estimate of drug-likeness (QED) is 0.579. The Kier molecular flexibility index (Phi) is 7.91. The Balaban J connectivity index is 0.000000221. The van der Waals surface area contributed by atoms with Crippen LogP contribution in [0, 0.1) is 18.8 Å². The highest BCUT2D eigenvalue weighted by molar-refractivity contribution is 7.85. The van der Waals surface area contributed by atoms with E-state index in [1.54, 1.807) is 18.2 Å². The number of aromatic nitrogens is 1. The lowest BCUT2D eigenvalue weighted by atomic mass is 10.0. The number of pyridine rings is 1. The van der Waals surface area contributed by atoms with Gasteiger partial charge in [0.05, 0.1) is 11.1 Å². The van der Waals surface area contributed by atoms with E-state index in [0.717, 1.165) is 18.7 Å². The maximum atomic E-state index is 12.6. The zero-order chi connectivity index (χ0) is 20.7. The van der Waals surface area contributed by atoms with Crippen LogP contribution in [0.1, 0.15) is 25.8 Å². The van der Waals surface area contributed by atoms with Crippen LogP contribution in [-0.2, 0) is 10.1 Å². The highest BCUT2D eigenvalue weighted by Gasteiger charge is 2.28. The Hall–Kier alpha value is -2.03. The van der Waals surface area contributed by atoms with Crippen molar-refractivity contribution in [2.45, 2.75) is 38.1 Å². The minimum absolute atomic E-state index is 0.0666. The summed E-state index contributed by atoms with van der Waals surface area (Å²) < 4.78 is 47.8. The number of halogens is 1. The normalized spacial score (nSPS) is 16.9. The molecule has 1 fully saturated rings. The van der Waals surface area contributed by atoms with E-state index in [-0.39, 0.29) is 4.90 Å². The lowest BCUT2D eigenvalue weighted by Crippen LogP contribution is -2.52. The van der Waals surface area contributed by atoms with Crippen LogP contribution in [0.2, 0.25) is 0 Å². The third-order valence-corrected chi connectivity index (χ3v) is 5.19. The van der Waals surface area contributed by atoms with Gasteiger partial charge in [0, 0.05) is 19.1 Å². The smallest absolute Gasteiger partial charge is 0.294 e. The van der Waals surface area contributed by atoms with Gasteiger partial charge < -0.3 is 4.74 Å². The first kappa shape index (κ1) is 22.3. The number of hydrogen-bond donors (Lipinski definition) is 1. The van der Waals surface area contributed by atoms with Crippen LogP contribution in [-0.4, -0.2) is 48.6 Å². The van der Waals surface area contributed by atoms with Crippen LogP contribution in [0.25, 0.3) is 0 Å². The first-order valence-corrected chi connectivity index (χ1v) is 10.6. The monoisotopic (exact) mass is 410 g/mol. The van der Waals surface area contributed by atoms with Crippen molar-refractivity contribution in [2.24, 2.45) is 5.92 Å². The molecule has 1 aromatic carbocycles. The Bertz CT molecular complexity index is 840. The van der Waals surface area contributed by atoms with E-state index in [9.17, 15) is 12.8 Å². The number of ether oxygens (including phenoxy) is 1. The molecule has 28 heavy (non-hydrogen) atoms. The van der Waals surface area contributed by atoms with Gasteiger partial charge in [0.1, 0.15) is 12.4 Å². The molecule has 3 rings (SSSR count). The largest absolute Gasteiger partial charge is 0.490 e. The minimum atomic E-state index is -4.02. The molecule has 0 spiro atoms. The Morgan fingerprint density at radius 3 is 2.39 bits per heavy atom. The molecule has 6 nitrogen and oxygen atoms in total. The van der Waals surface area contributed by atoms with Crippen molar-refractivity contribution in [3.63, 3.8) is 0 Å². The summed E-state index contributed by atoms with van der Waals surface area (Å²) >= 11 is 0. The molecule has 1 N–H and O–H groups in total. The van der Waals surface area contributed by atoms with Gasteiger partial charge in [0.2, 0.25) is 5.95 Å². The van der Waals surface area contributed by atoms with Crippen molar-refractivity contribution in [2.75, 3.05) is 19.7 Å². The lowest BCUT2D eigenvalue weighted by Gasteiger charge is -2.41. The fraction of sp³-hybridized carbons (Fsp3) is 0.450. The van der Waals surface area contributed by atoms with Crippen molar-refractivity contribution in [3.05, 3.63) is 54.1 Å². The van der Waals surface area contributed by atoms with Crippen molar-refractivity contribution in [1.29, 1.82) is 0 Å². The van der Waals surface area contributed by atoms with Crippen LogP contribution in [0.3, 0.4) is 0 Å². The molecule has 1 aliphatic rings. The van der Waals surface area contributed by atoms with Crippen LogP contribution >= 0.6 is 0 Å². The standard InChI is InChI=1S/C13H19FN2O.C7H8O3S/c1-10(2)8-16-6-5-11(16)9-17-12-3-4-13(14)15-7-12;1-6-2-4-7(5-3-6)11(8,9)10/h3-4,7,10-11H,5-6,8-9H2,1-2H3;2-5H,1H3,(H,8,9,10)/t11-;/m1./s1. The average molecular weight is 411 g/mol. The van der Waals surface area contributed by atoms with Gasteiger partial charge in [-0.05, 0) is 43.5 Å². The zero-order valence-corrected chi connectivity index (χ0v) is 17.2. The molecule has 0 saturated carbocycles. The second kappa shape index (κ2) is 9.95. The van der Waals surface area contributed by atoms with Crippen molar-refractivity contribution >= 4 is 10.1 Å². The van der Waals surface area contributed by atoms with Crippen molar-refractivity contribution < 1.29 is 22.1 Å². The molecule has 0 unspecified atom stereocenters. The van der Waals surface area contributed by atoms with Gasteiger partial charge in [0.25, 0.3) is 10.1 Å². The third-order valence-electron chi connectivity index (χ3n) is 4.33. The average Bonchev–Trinajstić information content (AvgIpc) is 2.61. The van der Waals surface area contributed by atoms with Gasteiger partial charge in [-0.25, -0.2) is 4.98 Å². The lowest BCUT2D eigenvalue weighted by molar-refractivity contribution is 0.0407. The molecule has 1 atom stereocenters. The van der Waals surface area contributed by atoms with Gasteiger partial charge in [0.15, 0.2) is 0 Å². The van der Waals surface area contributed by atoms with Crippen LogP contribution in [0.4, 0.5) is 4.39 Å². The van der Waals surface area contributed by atoms with Gasteiger partial charge in [-0.3, -0.25) is 9.45 Å². The van der Waals surface area contributed by atoms with Crippen LogP contribution in [0.15, 0.2) is 47.5 Å². The molecule has 0 amide bonds. The second-order valence-corrected chi connectivity index (χ2v) is 8.67. The summed E-state index contributed by atoms with van der Waals surface area (Å²) in [6.45, 7) is 9.23. The number of nitrogens with zero attached hydrogens (tertiary/aromatic N) is 2. The molecule has 0 radical (unpaired) electrons. The summed E-state index contributed by atoms with van der Waals surface area (Å²) in [6, 6.07) is 9.43. The molecule has 154 valence electrons. The number of benzene rings is 1. The summed E-state index contributed by atoms with van der Waals surface area (Å²) in [5.41, 5.74) is 0.956. The Morgan fingerprint density at radius 1 is 1.25 bits per heavy atom. The highest BCUT2D eigenvalue weighted by atomic mass is 32.2. The summed E-state index contributed by atoms with van der Waals surface area (Å²) in [5, 5.41) is 0. The first-order chi connectivity index (χ1) is 13.1. The maximum absolute atomic E-state index is 12.6. The highest BCUT2D eigenvalue weighted by Crippen LogP contribution is 2.20. The SMILES string of the molecule is CC(C)CN1CC[C@@H]1COc1ccc(F)nc1.Cc1ccc(S(=O)(=O)O)cc1. The molecule has 2 aromatic rings. The fourth-order valence-corrected chi connectivity index (χ4v) is 3.22. The molecule has 2 heterocycles. The molecule has 8 heteroatoms. The van der Waals surface area contributed by atoms with Crippen LogP contribution in [0.5, 0.6) is 5.75 Å². The van der Waals surface area contributed by atoms with E-state index in [1.165, 1.54) is 30.8 Å². The molecular weight excluding hydrogens is 383 g/mol. The molecule has 0 bridgehead atoms. The van der Waals surface area contributed by atoms with Crippen molar-refractivity contribution in [1.82, 2.24) is 9.88 Å². The van der Waals surface area contributed by atoms with E-state index < -0.39 is 16.1 Å². The van der Waals surface area contributed by atoms with E-state index in [4.69, 9.17) is 9.29 Å². The fourth-order valence-electron chi connectivity index (χ4n) is 2.74. The number of hydrogen-bond acceptors (Lipinski definition) is 5. The Labute approximate surface area is 166 Å². The number of likely N-dealkylation sites (tertiary alicyclic amines) is 1. The van der Waals surface area contributed by atoms with Gasteiger partial charge in [-0.2, -0.15) is 12.8 Å². The van der Waals surface area contributed by atoms with E-state index in [0.29, 0.717) is 24.3 Å². The van der Waals surface area contributed by atoms with E-state index in [2.05, 4.69) is 23.7 Å². The summed E-state index contributed by atoms with van der Waals surface area (Å²) in [4.78, 5) is 5.93. The minimum Gasteiger partial charge on any atom is -0.490 e. The predicted octanol–water partition coefficient (Wildman–Crippen LogP) is 3.57. The molecule has 1 aliphatic heterocycles. The van der Waals surface area contributed by atoms with E-state index in [1.807, 2.05) is 6.92 Å². The first-order valence-electron chi connectivity index (χ1n) is 9.17. The summed E-state index contributed by atoms with van der Waals surface area (Å²) in [7, 11) is -4.02. The molecule has 1 aromatic heterocycles. The summed E-state index contributed by atoms with van der Waals surface area (Å²) in [6.07, 6.45) is 2.61. The topological polar surface area (TPSA) is 79.7 Å². The summed E-state index contributed by atoms with van der Waals surface area (Å²) in [5.74, 6) is 0.857. The van der Waals surface area contributed by atoms with Crippen molar-refractivity contribution in [3.8, 4) is 5.75 Å². The predicted molar refractivity (Wildman–Crippen MR) is 105 cm³/mol. The Morgan fingerprint density at radius 2 is 1.93 bits per heavy atom. The molecular formula is C20H27FN2O4S. The second-order valence-electron chi connectivity index (χ2n) is 7.25. The maximum Gasteiger partial charge on any atom is 0.294 e. The van der Waals surface area contributed by atoms with Crippen LogP contribution < -0.4 is 4.74 Å². The van der Waals surface area contributed by atoms with Gasteiger partial charge >= 0.3 is 0 Å². The molecule has 1 saturated heterocycles. The zero-order valence-electron chi connectivity index (χ0n) is 16.4. The van der Waals surface area contributed by atoms with Gasteiger partial charge in [-0.15, -0.1) is 0 Å². The molecule has 0 aliphatic carbocycles. The van der Waals surface area contributed by atoms with E-state index >= 15 is 0 Å². The third kappa shape index (κ3) is 7.18. The number of rotatable bonds is 6. The van der Waals surface area contributed by atoms with Gasteiger partial charge in [-0.1, -0.05) is 31.5 Å².